The summed E-state index contributed by atoms with van der Waals surface area (Å²) in [5, 5.41) is 3.37. The van der Waals surface area contributed by atoms with E-state index in [1.165, 1.54) is 17.2 Å². The molecule has 0 radical (unpaired) electrons. The number of nitrogens with zero attached hydrogens (tertiary/aromatic N) is 4. The van der Waals surface area contributed by atoms with Gasteiger partial charge in [0.25, 0.3) is 5.56 Å². The summed E-state index contributed by atoms with van der Waals surface area (Å²) in [6.07, 6.45) is 1.70. The third-order valence-electron chi connectivity index (χ3n) is 4.80. The summed E-state index contributed by atoms with van der Waals surface area (Å²) < 4.78 is 4.46. The molecule has 138 valence electrons. The van der Waals surface area contributed by atoms with E-state index in [0.717, 1.165) is 17.4 Å². The molecule has 0 saturated carbocycles. The molecule has 2 heterocycles. The summed E-state index contributed by atoms with van der Waals surface area (Å²) >= 11 is 0. The number of rotatable bonds is 6. The zero-order chi connectivity index (χ0) is 18.8. The van der Waals surface area contributed by atoms with Crippen molar-refractivity contribution in [3.05, 3.63) is 56.7 Å². The molecule has 1 N–H and O–H groups in total. The minimum Gasteiger partial charge on any atom is -0.353 e. The Morgan fingerprint density at radius 2 is 1.81 bits per heavy atom. The number of fused-ring (bicyclic) bond motifs is 1. The van der Waals surface area contributed by atoms with Crippen molar-refractivity contribution < 1.29 is 0 Å². The van der Waals surface area contributed by atoms with Crippen molar-refractivity contribution in [2.24, 2.45) is 14.1 Å². The lowest BCUT2D eigenvalue weighted by Crippen LogP contribution is -2.37. The fourth-order valence-electron chi connectivity index (χ4n) is 2.98. The normalized spacial score (nSPS) is 12.5. The largest absolute Gasteiger partial charge is 0.353 e. The molecule has 26 heavy (non-hydrogen) atoms. The zero-order valence-electron chi connectivity index (χ0n) is 15.7. The Hall–Kier alpha value is -2.83. The molecule has 3 rings (SSSR count). The highest BCUT2D eigenvalue weighted by molar-refractivity contribution is 5.74. The summed E-state index contributed by atoms with van der Waals surface area (Å²) in [6.45, 7) is 4.76. The van der Waals surface area contributed by atoms with Crippen molar-refractivity contribution in [1.82, 2.24) is 18.7 Å². The quantitative estimate of drug-likeness (QED) is 0.733. The van der Waals surface area contributed by atoms with Gasteiger partial charge in [0.05, 0.1) is 0 Å². The first-order chi connectivity index (χ1) is 12.4. The predicted octanol–water partition coefficient (Wildman–Crippen LogP) is 1.89. The van der Waals surface area contributed by atoms with E-state index >= 15 is 0 Å². The van der Waals surface area contributed by atoms with E-state index in [0.29, 0.717) is 23.7 Å². The van der Waals surface area contributed by atoms with Crippen LogP contribution in [0.5, 0.6) is 0 Å². The number of nitrogens with one attached hydrogen (secondary N) is 1. The first-order valence-corrected chi connectivity index (χ1v) is 8.90. The Labute approximate surface area is 151 Å². The molecular weight excluding hydrogens is 330 g/mol. The Balaban J connectivity index is 2.14. The molecule has 2 aromatic heterocycles. The van der Waals surface area contributed by atoms with E-state index in [4.69, 9.17) is 0 Å². The molecule has 0 aliphatic heterocycles. The fraction of sp³-hybridized carbons (Fsp3) is 0.421. The first-order valence-electron chi connectivity index (χ1n) is 8.90. The number of benzene rings is 1. The van der Waals surface area contributed by atoms with Gasteiger partial charge in [0.15, 0.2) is 11.2 Å². The molecule has 0 aliphatic carbocycles. The molecule has 0 fully saturated rings. The number of hydrogen-bond acceptors (Lipinski definition) is 4. The van der Waals surface area contributed by atoms with E-state index < -0.39 is 0 Å². The Morgan fingerprint density at radius 3 is 2.46 bits per heavy atom. The molecule has 0 spiro atoms. The van der Waals surface area contributed by atoms with Crippen LogP contribution >= 0.6 is 0 Å². The van der Waals surface area contributed by atoms with Crippen molar-refractivity contribution in [3.8, 4) is 0 Å². The third kappa shape index (κ3) is 3.16. The van der Waals surface area contributed by atoms with Crippen LogP contribution in [0.15, 0.2) is 39.9 Å². The molecule has 1 atom stereocenters. The molecule has 0 amide bonds. The van der Waals surface area contributed by atoms with E-state index in [9.17, 15) is 9.59 Å². The Bertz CT molecular complexity index is 1030. The van der Waals surface area contributed by atoms with Crippen LogP contribution in [0.2, 0.25) is 0 Å². The molecule has 0 saturated heterocycles. The number of anilines is 1. The van der Waals surface area contributed by atoms with Crippen LogP contribution in [0.3, 0.4) is 0 Å². The maximum absolute atomic E-state index is 12.8. The van der Waals surface area contributed by atoms with Crippen molar-refractivity contribution >= 4 is 17.1 Å². The average Bonchev–Trinajstić information content (AvgIpc) is 3.01. The van der Waals surface area contributed by atoms with Crippen LogP contribution in [0.25, 0.3) is 11.2 Å². The summed E-state index contributed by atoms with van der Waals surface area (Å²) in [6, 6.07) is 10.3. The van der Waals surface area contributed by atoms with Crippen LogP contribution in [0.4, 0.5) is 5.95 Å². The minimum absolute atomic E-state index is 0.211. The van der Waals surface area contributed by atoms with Gasteiger partial charge in [-0.05, 0) is 25.3 Å². The van der Waals surface area contributed by atoms with Gasteiger partial charge in [0.1, 0.15) is 0 Å². The second-order valence-corrected chi connectivity index (χ2v) is 6.65. The molecule has 7 nitrogen and oxygen atoms in total. The van der Waals surface area contributed by atoms with Crippen molar-refractivity contribution in [2.45, 2.75) is 39.3 Å². The summed E-state index contributed by atoms with van der Waals surface area (Å²) in [5.41, 5.74) is 1.37. The predicted molar refractivity (Wildman–Crippen MR) is 104 cm³/mol. The van der Waals surface area contributed by atoms with Gasteiger partial charge in [-0.25, -0.2) is 4.79 Å². The van der Waals surface area contributed by atoms with E-state index in [1.807, 2.05) is 22.8 Å². The summed E-state index contributed by atoms with van der Waals surface area (Å²) in [5.74, 6) is 0.628. The maximum Gasteiger partial charge on any atom is 0.332 e. The van der Waals surface area contributed by atoms with Gasteiger partial charge in [0.2, 0.25) is 5.95 Å². The second-order valence-electron chi connectivity index (χ2n) is 6.65. The van der Waals surface area contributed by atoms with E-state index in [2.05, 4.69) is 36.3 Å². The van der Waals surface area contributed by atoms with Gasteiger partial charge < -0.3 is 9.88 Å². The zero-order valence-corrected chi connectivity index (χ0v) is 15.7. The number of imidazole rings is 1. The smallest absolute Gasteiger partial charge is 0.332 e. The molecule has 1 aromatic carbocycles. The number of hydrogen-bond donors (Lipinski definition) is 1. The second kappa shape index (κ2) is 7.19. The highest BCUT2D eigenvalue weighted by atomic mass is 16.2. The van der Waals surface area contributed by atoms with Crippen LogP contribution in [-0.4, -0.2) is 24.7 Å². The lowest BCUT2D eigenvalue weighted by molar-refractivity contribution is 0.677. The van der Waals surface area contributed by atoms with Crippen molar-refractivity contribution in [3.63, 3.8) is 0 Å². The SMILES string of the molecule is CC[C@H](C)Nc1nc2c(c(=O)n(C)c(=O)n2C)n1CCc1ccccc1. The van der Waals surface area contributed by atoms with Gasteiger partial charge in [-0.3, -0.25) is 13.9 Å². The van der Waals surface area contributed by atoms with Crippen LogP contribution in [0.1, 0.15) is 25.8 Å². The molecule has 0 aliphatic rings. The average molecular weight is 355 g/mol. The van der Waals surface area contributed by atoms with Crippen LogP contribution in [-0.2, 0) is 27.1 Å². The standard InChI is InChI=1S/C19H25N5O2/c1-5-13(2)20-18-21-16-15(17(25)23(4)19(26)22(16)3)24(18)12-11-14-9-7-6-8-10-14/h6-10,13H,5,11-12H2,1-4H3,(H,20,21)/t13-/m0/s1. The van der Waals surface area contributed by atoms with Gasteiger partial charge in [-0.15, -0.1) is 0 Å². The van der Waals surface area contributed by atoms with Gasteiger partial charge in [0, 0.05) is 26.7 Å². The van der Waals surface area contributed by atoms with Gasteiger partial charge >= 0.3 is 5.69 Å². The topological polar surface area (TPSA) is 73.8 Å². The molecule has 3 aromatic rings. The third-order valence-corrected chi connectivity index (χ3v) is 4.80. The van der Waals surface area contributed by atoms with Crippen molar-refractivity contribution in [1.29, 1.82) is 0 Å². The Morgan fingerprint density at radius 1 is 1.12 bits per heavy atom. The molecule has 0 unspecified atom stereocenters. The number of aromatic nitrogens is 4. The molecule has 0 bridgehead atoms. The lowest BCUT2D eigenvalue weighted by atomic mass is 10.1. The summed E-state index contributed by atoms with van der Waals surface area (Å²) in [7, 11) is 3.14. The fourth-order valence-corrected chi connectivity index (χ4v) is 2.98. The molecular formula is C19H25N5O2. The highest BCUT2D eigenvalue weighted by Gasteiger charge is 2.19. The van der Waals surface area contributed by atoms with E-state index in [1.54, 1.807) is 7.05 Å². The monoisotopic (exact) mass is 355 g/mol. The minimum atomic E-state index is -0.370. The maximum atomic E-state index is 12.8. The van der Waals surface area contributed by atoms with E-state index in [-0.39, 0.29) is 17.3 Å². The highest BCUT2D eigenvalue weighted by Crippen LogP contribution is 2.18. The van der Waals surface area contributed by atoms with Gasteiger partial charge in [-0.2, -0.15) is 4.98 Å². The van der Waals surface area contributed by atoms with Crippen LogP contribution in [0, 0.1) is 0 Å². The Kier molecular flexibility index (Phi) is 4.97. The lowest BCUT2D eigenvalue weighted by Gasteiger charge is -2.14. The summed E-state index contributed by atoms with van der Waals surface area (Å²) in [4.78, 5) is 29.6. The number of aryl methyl sites for hydroxylation is 3. The van der Waals surface area contributed by atoms with Crippen molar-refractivity contribution in [2.75, 3.05) is 5.32 Å². The molecule has 7 heteroatoms. The van der Waals surface area contributed by atoms with Crippen LogP contribution < -0.4 is 16.6 Å². The first kappa shape index (κ1) is 18.0. The van der Waals surface area contributed by atoms with Gasteiger partial charge in [-0.1, -0.05) is 37.3 Å².